The third kappa shape index (κ3) is 1.95. The van der Waals surface area contributed by atoms with Crippen molar-refractivity contribution in [3.05, 3.63) is 59.7 Å². The lowest BCUT2D eigenvalue weighted by Gasteiger charge is -2.31. The molecule has 0 fully saturated rings. The van der Waals surface area contributed by atoms with Crippen LogP contribution in [0.3, 0.4) is 0 Å². The van der Waals surface area contributed by atoms with Crippen LogP contribution in [0.15, 0.2) is 48.5 Å². The Kier molecular flexibility index (Phi) is 2.52. The molecule has 4 heteroatoms. The van der Waals surface area contributed by atoms with Crippen LogP contribution in [0, 0.1) is 0 Å². The van der Waals surface area contributed by atoms with Gasteiger partial charge in [-0.25, -0.2) is 0 Å². The van der Waals surface area contributed by atoms with Crippen LogP contribution < -0.4 is 4.74 Å². The first-order valence-corrected chi connectivity index (χ1v) is 5.88. The fourth-order valence-corrected chi connectivity index (χ4v) is 2.19. The number of carbonyl (C=O) groups excluding carboxylic acids is 1. The minimum atomic E-state index is -2.18. The number of aromatic hydroxyl groups is 1. The lowest BCUT2D eigenvalue weighted by atomic mass is 9.94. The highest BCUT2D eigenvalue weighted by molar-refractivity contribution is 6.00. The number of halogens is 1. The van der Waals surface area contributed by atoms with Crippen molar-refractivity contribution in [1.29, 1.82) is 0 Å². The van der Waals surface area contributed by atoms with Crippen molar-refractivity contribution in [1.82, 2.24) is 0 Å². The number of phenols is 1. The minimum Gasteiger partial charge on any atom is -0.508 e. The van der Waals surface area contributed by atoms with Crippen molar-refractivity contribution in [3.8, 4) is 11.5 Å². The Balaban J connectivity index is 2.07. The molecule has 2 aromatic carbocycles. The smallest absolute Gasteiger partial charge is 0.281 e. The number of ether oxygens (including phenoxy) is 1. The van der Waals surface area contributed by atoms with Gasteiger partial charge in [-0.3, -0.25) is 4.79 Å². The average Bonchev–Trinajstić information content (AvgIpc) is 2.39. The Morgan fingerprint density at radius 2 is 1.89 bits per heavy atom. The van der Waals surface area contributed by atoms with Gasteiger partial charge in [-0.1, -0.05) is 30.3 Å². The maximum Gasteiger partial charge on any atom is 0.281 e. The summed E-state index contributed by atoms with van der Waals surface area (Å²) in [6, 6.07) is 12.3. The van der Waals surface area contributed by atoms with Gasteiger partial charge in [0.1, 0.15) is 11.5 Å². The van der Waals surface area contributed by atoms with Crippen LogP contribution in [-0.2, 0) is 5.85 Å². The molecule has 0 aliphatic carbocycles. The number of ketones is 1. The van der Waals surface area contributed by atoms with Gasteiger partial charge in [-0.2, -0.15) is 4.39 Å². The predicted octanol–water partition coefficient (Wildman–Crippen LogP) is 3.18. The van der Waals surface area contributed by atoms with Crippen LogP contribution in [0.1, 0.15) is 22.3 Å². The Hall–Kier alpha value is -2.36. The van der Waals surface area contributed by atoms with E-state index in [0.29, 0.717) is 5.56 Å². The van der Waals surface area contributed by atoms with E-state index in [1.807, 2.05) is 0 Å². The van der Waals surface area contributed by atoms with E-state index in [0.717, 1.165) is 0 Å². The van der Waals surface area contributed by atoms with Gasteiger partial charge in [0.05, 0.1) is 12.0 Å². The molecule has 3 rings (SSSR count). The molecule has 2 aromatic rings. The first-order chi connectivity index (χ1) is 9.08. The standard InChI is InChI=1S/C15H11FO3/c16-15(10-4-2-1-3-5-10)9-13(18)12-7-6-11(17)8-14(12)19-15/h1-8,17H,9H2. The summed E-state index contributed by atoms with van der Waals surface area (Å²) in [4.78, 5) is 12.0. The van der Waals surface area contributed by atoms with Crippen LogP contribution in [-0.4, -0.2) is 10.9 Å². The number of Topliss-reactive ketones (excluding diaryl/α,β-unsaturated/α-hetero) is 1. The summed E-state index contributed by atoms with van der Waals surface area (Å²) in [6.45, 7) is 0. The molecular weight excluding hydrogens is 247 g/mol. The van der Waals surface area contributed by atoms with Gasteiger partial charge in [0.15, 0.2) is 5.78 Å². The summed E-state index contributed by atoms with van der Waals surface area (Å²) in [5, 5.41) is 9.40. The molecule has 1 unspecified atom stereocenters. The van der Waals surface area contributed by atoms with Crippen molar-refractivity contribution >= 4 is 5.78 Å². The van der Waals surface area contributed by atoms with Crippen molar-refractivity contribution < 1.29 is 19.0 Å². The molecule has 96 valence electrons. The van der Waals surface area contributed by atoms with E-state index in [9.17, 15) is 14.3 Å². The summed E-state index contributed by atoms with van der Waals surface area (Å²) in [7, 11) is 0. The zero-order valence-corrected chi connectivity index (χ0v) is 9.97. The van der Waals surface area contributed by atoms with Gasteiger partial charge < -0.3 is 9.84 Å². The van der Waals surface area contributed by atoms with Crippen molar-refractivity contribution in [2.24, 2.45) is 0 Å². The Morgan fingerprint density at radius 3 is 2.63 bits per heavy atom. The fourth-order valence-electron chi connectivity index (χ4n) is 2.19. The highest BCUT2D eigenvalue weighted by Crippen LogP contribution is 2.41. The zero-order chi connectivity index (χ0) is 13.5. The van der Waals surface area contributed by atoms with Crippen LogP contribution in [0.25, 0.3) is 0 Å². The van der Waals surface area contributed by atoms with E-state index >= 15 is 0 Å². The second-order valence-electron chi connectivity index (χ2n) is 4.48. The molecular formula is C15H11FO3. The minimum absolute atomic E-state index is 0.0659. The number of benzene rings is 2. The van der Waals surface area contributed by atoms with Crippen LogP contribution in [0.5, 0.6) is 11.5 Å². The normalized spacial score (nSPS) is 21.6. The van der Waals surface area contributed by atoms with E-state index in [1.165, 1.54) is 18.2 Å². The summed E-state index contributed by atoms with van der Waals surface area (Å²) < 4.78 is 20.2. The van der Waals surface area contributed by atoms with Crippen molar-refractivity contribution in [3.63, 3.8) is 0 Å². The van der Waals surface area contributed by atoms with E-state index in [-0.39, 0.29) is 29.3 Å². The quantitative estimate of drug-likeness (QED) is 0.854. The molecule has 0 radical (unpaired) electrons. The maximum absolute atomic E-state index is 14.8. The predicted molar refractivity (Wildman–Crippen MR) is 66.9 cm³/mol. The largest absolute Gasteiger partial charge is 0.508 e. The SMILES string of the molecule is O=C1CC(F)(c2ccccc2)Oc2cc(O)ccc21. The molecule has 0 spiro atoms. The molecule has 1 aliphatic heterocycles. The third-order valence-corrected chi connectivity index (χ3v) is 3.13. The van der Waals surface area contributed by atoms with Crippen LogP contribution >= 0.6 is 0 Å². The molecule has 1 atom stereocenters. The Morgan fingerprint density at radius 1 is 1.16 bits per heavy atom. The summed E-state index contributed by atoms with van der Waals surface area (Å²) >= 11 is 0. The molecule has 1 aliphatic rings. The molecule has 0 aromatic heterocycles. The molecule has 0 saturated carbocycles. The van der Waals surface area contributed by atoms with E-state index < -0.39 is 5.85 Å². The molecule has 0 saturated heterocycles. The van der Waals surface area contributed by atoms with Gasteiger partial charge in [-0.15, -0.1) is 0 Å². The fraction of sp³-hybridized carbons (Fsp3) is 0.133. The second-order valence-corrected chi connectivity index (χ2v) is 4.48. The molecule has 0 amide bonds. The topological polar surface area (TPSA) is 46.5 Å². The number of hydrogen-bond donors (Lipinski definition) is 1. The third-order valence-electron chi connectivity index (χ3n) is 3.13. The van der Waals surface area contributed by atoms with E-state index in [1.54, 1.807) is 30.3 Å². The van der Waals surface area contributed by atoms with Gasteiger partial charge >= 0.3 is 0 Å². The lowest BCUT2D eigenvalue weighted by molar-refractivity contribution is -0.0745. The number of rotatable bonds is 1. The lowest BCUT2D eigenvalue weighted by Crippen LogP contribution is -2.35. The van der Waals surface area contributed by atoms with E-state index in [4.69, 9.17) is 4.74 Å². The van der Waals surface area contributed by atoms with Crippen molar-refractivity contribution in [2.45, 2.75) is 12.3 Å². The van der Waals surface area contributed by atoms with Gasteiger partial charge in [-0.05, 0) is 12.1 Å². The second kappa shape index (κ2) is 4.09. The number of carbonyl (C=O) groups is 1. The molecule has 3 nitrogen and oxygen atoms in total. The number of fused-ring (bicyclic) bond motifs is 1. The molecule has 1 heterocycles. The summed E-state index contributed by atoms with van der Waals surface area (Å²) in [5.41, 5.74) is 0.583. The molecule has 1 N–H and O–H groups in total. The molecule has 19 heavy (non-hydrogen) atoms. The first kappa shape index (κ1) is 11.7. The maximum atomic E-state index is 14.8. The van der Waals surface area contributed by atoms with E-state index in [2.05, 4.69) is 0 Å². The monoisotopic (exact) mass is 258 g/mol. The Bertz CT molecular complexity index is 639. The highest BCUT2D eigenvalue weighted by Gasteiger charge is 2.42. The Labute approximate surface area is 109 Å². The van der Waals surface area contributed by atoms with Crippen LogP contribution in [0.4, 0.5) is 4.39 Å². The number of hydrogen-bond acceptors (Lipinski definition) is 3. The molecule has 0 bridgehead atoms. The highest BCUT2D eigenvalue weighted by atomic mass is 19.2. The van der Waals surface area contributed by atoms with Gasteiger partial charge in [0.2, 0.25) is 0 Å². The van der Waals surface area contributed by atoms with Crippen LogP contribution in [0.2, 0.25) is 0 Å². The van der Waals surface area contributed by atoms with Gasteiger partial charge in [0.25, 0.3) is 5.85 Å². The average molecular weight is 258 g/mol. The van der Waals surface area contributed by atoms with Crippen molar-refractivity contribution in [2.75, 3.05) is 0 Å². The summed E-state index contributed by atoms with van der Waals surface area (Å²) in [5.74, 6) is -2.52. The van der Waals surface area contributed by atoms with Gasteiger partial charge in [0, 0.05) is 11.6 Å². The first-order valence-electron chi connectivity index (χ1n) is 5.88. The summed E-state index contributed by atoms with van der Waals surface area (Å²) in [6.07, 6.45) is -0.366. The number of alkyl halides is 1. The zero-order valence-electron chi connectivity index (χ0n) is 9.97. The number of phenolic OH excluding ortho intramolecular Hbond substituents is 1.